The van der Waals surface area contributed by atoms with E-state index in [1.54, 1.807) is 6.92 Å². The molecular formula is C56H94O27S. The number of ether oxygens (including phenoxy) is 10. The number of rotatable bonds is 17. The highest BCUT2D eigenvalue weighted by Gasteiger charge is 2.64. The molecule has 8 fully saturated rings. The summed E-state index contributed by atoms with van der Waals surface area (Å²) >= 11 is 0. The van der Waals surface area contributed by atoms with Gasteiger partial charge in [0.15, 0.2) is 31.5 Å². The fraction of sp³-hybridized carbons (Fsp3) is 0.964. The van der Waals surface area contributed by atoms with Gasteiger partial charge >= 0.3 is 10.4 Å². The lowest BCUT2D eigenvalue weighted by molar-refractivity contribution is -0.397. The van der Waals surface area contributed by atoms with E-state index < -0.39 is 205 Å². The molecule has 28 heteroatoms. The number of allylic oxidation sites excluding steroid dienone is 2. The summed E-state index contributed by atoms with van der Waals surface area (Å²) in [6.45, 7) is 15.2. The van der Waals surface area contributed by atoms with Crippen molar-refractivity contribution in [1.29, 1.82) is 0 Å². The van der Waals surface area contributed by atoms with Gasteiger partial charge in [0.25, 0.3) is 0 Å². The van der Waals surface area contributed by atoms with Gasteiger partial charge in [-0.15, -0.1) is 0 Å². The Kier molecular flexibility index (Phi) is 20.6. The molecule has 34 unspecified atom stereocenters. The van der Waals surface area contributed by atoms with E-state index in [1.807, 2.05) is 0 Å². The molecule has 0 aromatic heterocycles. The SMILES string of the molecule is CC(C)CCC(O)C(C)(O)C1CCC2C3CC(OC4OC(C)C(O)C(OC5OCC(OC6OC(C)C(O)C(O)C6OC6OC(C)C(O)C(O)C6O)C(O)C5OC5OC(C)C(O)C(O)C5O)C4O)C4CC(OS(=O)(=O)O)CCC4(C)C3=CCC21C. The molecule has 0 spiro atoms. The van der Waals surface area contributed by atoms with Crippen LogP contribution >= 0.6 is 0 Å². The fourth-order valence-corrected chi connectivity index (χ4v) is 16.1. The Hall–Kier alpha value is -1.31. The summed E-state index contributed by atoms with van der Waals surface area (Å²) in [7, 11) is -4.87. The van der Waals surface area contributed by atoms with E-state index in [0.717, 1.165) is 18.4 Å². The lowest BCUT2D eigenvalue weighted by atomic mass is 9.47. The minimum atomic E-state index is -4.87. The lowest BCUT2D eigenvalue weighted by Gasteiger charge is -2.60. The summed E-state index contributed by atoms with van der Waals surface area (Å²) in [4.78, 5) is 0. The van der Waals surface area contributed by atoms with Crippen LogP contribution in [0.3, 0.4) is 0 Å². The third kappa shape index (κ3) is 13.0. The average Bonchev–Trinajstić information content (AvgIpc) is 1.36. The van der Waals surface area contributed by atoms with Crippen molar-refractivity contribution in [2.45, 2.75) is 291 Å². The molecule has 5 heterocycles. The molecule has 3 saturated carbocycles. The molecule has 486 valence electrons. The Labute approximate surface area is 489 Å². The topological polar surface area (TPSA) is 419 Å². The van der Waals surface area contributed by atoms with E-state index in [2.05, 4.69) is 33.8 Å². The second kappa shape index (κ2) is 25.8. The van der Waals surface area contributed by atoms with Crippen molar-refractivity contribution in [3.63, 3.8) is 0 Å². The second-order valence-electron chi connectivity index (χ2n) is 26.7. The van der Waals surface area contributed by atoms with Crippen LogP contribution in [0.1, 0.15) is 120 Å². The zero-order chi connectivity index (χ0) is 61.6. The largest absolute Gasteiger partial charge is 0.397 e. The lowest BCUT2D eigenvalue weighted by Crippen LogP contribution is -2.66. The smallest absolute Gasteiger partial charge is 0.390 e. The van der Waals surface area contributed by atoms with Crippen molar-refractivity contribution in [1.82, 2.24) is 0 Å². The van der Waals surface area contributed by atoms with E-state index in [9.17, 15) is 79.4 Å². The van der Waals surface area contributed by atoms with E-state index in [1.165, 1.54) is 27.7 Å². The van der Waals surface area contributed by atoms with Crippen LogP contribution in [0.2, 0.25) is 0 Å². The summed E-state index contributed by atoms with van der Waals surface area (Å²) in [6, 6.07) is 0. The van der Waals surface area contributed by atoms with Gasteiger partial charge in [-0.1, -0.05) is 39.3 Å². The van der Waals surface area contributed by atoms with Crippen LogP contribution < -0.4 is 0 Å². The van der Waals surface area contributed by atoms with Gasteiger partial charge in [-0.05, 0) is 133 Å². The van der Waals surface area contributed by atoms with Gasteiger partial charge in [0, 0.05) is 0 Å². The average molecular weight is 1230 g/mol. The Morgan fingerprint density at radius 2 is 1.11 bits per heavy atom. The molecule has 9 rings (SSSR count). The minimum absolute atomic E-state index is 0.00407. The summed E-state index contributed by atoms with van der Waals surface area (Å²) in [6.07, 6.45) is -35.3. The molecular weight excluding hydrogens is 1140 g/mol. The van der Waals surface area contributed by atoms with Crippen LogP contribution in [0.5, 0.6) is 0 Å². The molecule has 34 atom stereocenters. The first-order valence-electron chi connectivity index (χ1n) is 29.9. The highest BCUT2D eigenvalue weighted by atomic mass is 32.3. The monoisotopic (exact) mass is 1230 g/mol. The highest BCUT2D eigenvalue weighted by Crippen LogP contribution is 2.67. The van der Waals surface area contributed by atoms with Gasteiger partial charge in [-0.3, -0.25) is 4.55 Å². The van der Waals surface area contributed by atoms with Gasteiger partial charge in [0.05, 0.1) is 54.9 Å². The number of hydrogen-bond donors (Lipinski definition) is 14. The molecule has 0 bridgehead atoms. The number of aliphatic hydroxyl groups excluding tert-OH is 12. The number of aliphatic hydroxyl groups is 13. The van der Waals surface area contributed by atoms with Crippen molar-refractivity contribution >= 4 is 10.4 Å². The fourth-order valence-electron chi connectivity index (χ4n) is 15.6. The van der Waals surface area contributed by atoms with Crippen LogP contribution in [0.4, 0.5) is 0 Å². The van der Waals surface area contributed by atoms with E-state index in [0.29, 0.717) is 38.0 Å². The van der Waals surface area contributed by atoms with Gasteiger partial charge in [0.1, 0.15) is 91.6 Å². The zero-order valence-electron chi connectivity index (χ0n) is 49.1. The minimum Gasteiger partial charge on any atom is -0.390 e. The predicted octanol–water partition coefficient (Wildman–Crippen LogP) is -1.86. The van der Waals surface area contributed by atoms with Gasteiger partial charge in [-0.2, -0.15) is 8.42 Å². The normalized spacial score (nSPS) is 52.2. The molecule has 0 amide bonds. The van der Waals surface area contributed by atoms with Crippen LogP contribution in [0.25, 0.3) is 0 Å². The molecule has 84 heavy (non-hydrogen) atoms. The predicted molar refractivity (Wildman–Crippen MR) is 285 cm³/mol. The highest BCUT2D eigenvalue weighted by molar-refractivity contribution is 7.80. The molecule has 27 nitrogen and oxygen atoms in total. The van der Waals surface area contributed by atoms with Gasteiger partial charge < -0.3 is 114 Å². The zero-order valence-corrected chi connectivity index (χ0v) is 49.9. The molecule has 4 aliphatic carbocycles. The third-order valence-corrected chi connectivity index (χ3v) is 21.2. The van der Waals surface area contributed by atoms with Crippen molar-refractivity contribution < 1.29 is 131 Å². The van der Waals surface area contributed by atoms with Crippen LogP contribution in [0.15, 0.2) is 11.6 Å². The maximum Gasteiger partial charge on any atom is 0.397 e. The third-order valence-electron chi connectivity index (χ3n) is 20.7. The quantitative estimate of drug-likeness (QED) is 0.0561. The molecule has 9 aliphatic rings. The van der Waals surface area contributed by atoms with Crippen molar-refractivity contribution in [2.24, 2.45) is 40.4 Å². The first-order chi connectivity index (χ1) is 39.2. The Balaban J connectivity index is 0.979. The van der Waals surface area contributed by atoms with Crippen LogP contribution in [0, 0.1) is 40.4 Å². The van der Waals surface area contributed by atoms with Crippen LogP contribution in [-0.2, 0) is 62.0 Å². The first-order valence-corrected chi connectivity index (χ1v) is 31.3. The Morgan fingerprint density at radius 3 is 1.68 bits per heavy atom. The van der Waals surface area contributed by atoms with Crippen molar-refractivity contribution in [3.05, 3.63) is 11.6 Å². The Bertz CT molecular complexity index is 2350. The van der Waals surface area contributed by atoms with Crippen molar-refractivity contribution in [3.8, 4) is 0 Å². The number of fused-ring (bicyclic) bond motifs is 5. The maximum absolute atomic E-state index is 12.4. The second-order valence-corrected chi connectivity index (χ2v) is 27.7. The molecule has 0 radical (unpaired) electrons. The summed E-state index contributed by atoms with van der Waals surface area (Å²) < 4.78 is 101. The maximum atomic E-state index is 12.4. The summed E-state index contributed by atoms with van der Waals surface area (Å²) in [5.41, 5.74) is -1.33. The summed E-state index contributed by atoms with van der Waals surface area (Å²) in [5, 5.41) is 147. The number of hydrogen-bond acceptors (Lipinski definition) is 26. The molecule has 14 N–H and O–H groups in total. The molecule has 0 aromatic carbocycles. The molecule has 0 aromatic rings. The van der Waals surface area contributed by atoms with E-state index in [4.69, 9.17) is 51.6 Å². The van der Waals surface area contributed by atoms with E-state index in [-0.39, 0.29) is 30.6 Å². The molecule has 5 saturated heterocycles. The van der Waals surface area contributed by atoms with E-state index >= 15 is 0 Å². The van der Waals surface area contributed by atoms with Crippen molar-refractivity contribution in [2.75, 3.05) is 6.61 Å². The standard InChI is InChI=1S/C56H94O27S/c1-21(2)10-13-34(57)56(9,69)33-12-11-28-27-19-31(30-18-26(83-84(70,71)72)14-16-54(30,7)29(27)15-17-55(28,33)8)78-51-45(68)46(38(61)25(6)76-51)80-52-47(81-49-43(66)40(63)35(58)22(3)74-49)39(62)32(20-73-52)79-53-48(42(65)37(60)24(5)77-53)82-50-44(67)41(64)36(59)23(4)75-50/h15,21-28,30-53,57-69H,10-14,16-20H2,1-9H3,(H,70,71,72). The van der Waals surface area contributed by atoms with Crippen LogP contribution in [-0.4, -0.2) is 257 Å². The summed E-state index contributed by atoms with van der Waals surface area (Å²) in [5.74, 6) is -0.566. The molecule has 5 aliphatic heterocycles. The van der Waals surface area contributed by atoms with Gasteiger partial charge in [0.2, 0.25) is 0 Å². The first kappa shape index (κ1) is 67.1. The Morgan fingerprint density at radius 1 is 0.595 bits per heavy atom. The van der Waals surface area contributed by atoms with Gasteiger partial charge in [-0.25, -0.2) is 4.18 Å².